The van der Waals surface area contributed by atoms with Crippen LogP contribution in [0.3, 0.4) is 0 Å². The number of carbonyl (C=O) groups is 1. The van der Waals surface area contributed by atoms with Crippen molar-refractivity contribution in [2.45, 2.75) is 19.4 Å². The average molecular weight is 263 g/mol. The lowest BCUT2D eigenvalue weighted by atomic mass is 10.0. The third-order valence-electron chi connectivity index (χ3n) is 3.63. The molecule has 1 heterocycles. The van der Waals surface area contributed by atoms with Crippen molar-refractivity contribution in [2.75, 3.05) is 31.2 Å². The fourth-order valence-electron chi connectivity index (χ4n) is 2.28. The van der Waals surface area contributed by atoms with Crippen LogP contribution < -0.4 is 16.4 Å². The minimum absolute atomic E-state index is 0.111. The Morgan fingerprint density at radius 3 is 2.95 bits per heavy atom. The van der Waals surface area contributed by atoms with E-state index in [1.165, 1.54) is 0 Å². The van der Waals surface area contributed by atoms with Crippen molar-refractivity contribution in [1.82, 2.24) is 5.32 Å². The third kappa shape index (κ3) is 3.17. The summed E-state index contributed by atoms with van der Waals surface area (Å²) in [6.45, 7) is 3.72. The number of amides is 1. The highest BCUT2D eigenvalue weighted by atomic mass is 16.5. The monoisotopic (exact) mass is 263 g/mol. The zero-order chi connectivity index (χ0) is 13.8. The molecule has 0 spiro atoms. The molecule has 2 rings (SSSR count). The first-order chi connectivity index (χ1) is 9.11. The summed E-state index contributed by atoms with van der Waals surface area (Å²) < 4.78 is 5.53. The Balaban J connectivity index is 2.04. The molecule has 1 aliphatic rings. The smallest absolute Gasteiger partial charge is 0.251 e. The van der Waals surface area contributed by atoms with E-state index in [4.69, 9.17) is 10.5 Å². The van der Waals surface area contributed by atoms with E-state index in [9.17, 15) is 4.79 Å². The topological polar surface area (TPSA) is 76.4 Å². The van der Waals surface area contributed by atoms with Gasteiger partial charge in [0.15, 0.2) is 0 Å². The van der Waals surface area contributed by atoms with Gasteiger partial charge in [-0.1, -0.05) is 0 Å². The molecule has 0 bridgehead atoms. The molecule has 104 valence electrons. The van der Waals surface area contributed by atoms with Gasteiger partial charge in [0.05, 0.1) is 17.5 Å². The molecule has 4 N–H and O–H groups in total. The summed E-state index contributed by atoms with van der Waals surface area (Å²) in [7, 11) is 1.61. The first-order valence-corrected chi connectivity index (χ1v) is 6.59. The largest absolute Gasteiger partial charge is 0.397 e. The predicted octanol–water partition coefficient (Wildman–Crippen LogP) is 1.47. The molecule has 2 atom stereocenters. The molecule has 1 aromatic rings. The number of hydrogen-bond donors (Lipinski definition) is 3. The van der Waals surface area contributed by atoms with Gasteiger partial charge in [-0.3, -0.25) is 4.79 Å². The Labute approximate surface area is 113 Å². The summed E-state index contributed by atoms with van der Waals surface area (Å²) in [6.07, 6.45) is 1.33. The molecule has 5 nitrogen and oxygen atoms in total. The molecule has 19 heavy (non-hydrogen) atoms. The second kappa shape index (κ2) is 5.93. The highest BCUT2D eigenvalue weighted by Crippen LogP contribution is 2.24. The molecule has 0 radical (unpaired) electrons. The number of carbonyl (C=O) groups excluding carboxylic acids is 1. The summed E-state index contributed by atoms with van der Waals surface area (Å²) in [4.78, 5) is 11.6. The maximum Gasteiger partial charge on any atom is 0.251 e. The van der Waals surface area contributed by atoms with E-state index < -0.39 is 0 Å². The molecule has 5 heteroatoms. The van der Waals surface area contributed by atoms with E-state index in [1.807, 2.05) is 0 Å². The van der Waals surface area contributed by atoms with Crippen LogP contribution in [-0.4, -0.2) is 32.2 Å². The van der Waals surface area contributed by atoms with Gasteiger partial charge in [-0.2, -0.15) is 0 Å². The standard InChI is InChI=1S/C14H21N3O2/c1-9-11(5-6-19-9)8-17-13-7-10(14(18)16-2)3-4-12(13)15/h3-4,7,9,11,17H,5-6,8,15H2,1-2H3,(H,16,18). The highest BCUT2D eigenvalue weighted by Gasteiger charge is 2.23. The Morgan fingerprint density at radius 1 is 1.53 bits per heavy atom. The quantitative estimate of drug-likeness (QED) is 0.719. The molecule has 1 amide bonds. The van der Waals surface area contributed by atoms with Crippen LogP contribution in [0, 0.1) is 5.92 Å². The van der Waals surface area contributed by atoms with Crippen molar-refractivity contribution in [3.05, 3.63) is 23.8 Å². The predicted molar refractivity (Wildman–Crippen MR) is 76.3 cm³/mol. The van der Waals surface area contributed by atoms with Gasteiger partial charge >= 0.3 is 0 Å². The van der Waals surface area contributed by atoms with E-state index in [0.717, 1.165) is 25.3 Å². The maximum absolute atomic E-state index is 11.6. The number of ether oxygens (including phenoxy) is 1. The van der Waals surface area contributed by atoms with Crippen LogP contribution in [0.15, 0.2) is 18.2 Å². The molecule has 1 aromatic carbocycles. The van der Waals surface area contributed by atoms with Gasteiger partial charge in [-0.05, 0) is 31.5 Å². The fourth-order valence-corrected chi connectivity index (χ4v) is 2.28. The van der Waals surface area contributed by atoms with Gasteiger partial charge in [-0.15, -0.1) is 0 Å². The zero-order valence-electron chi connectivity index (χ0n) is 11.4. The maximum atomic E-state index is 11.6. The third-order valence-corrected chi connectivity index (χ3v) is 3.63. The highest BCUT2D eigenvalue weighted by molar-refractivity contribution is 5.96. The first-order valence-electron chi connectivity index (χ1n) is 6.59. The van der Waals surface area contributed by atoms with Crippen molar-refractivity contribution >= 4 is 17.3 Å². The first kappa shape index (κ1) is 13.7. The van der Waals surface area contributed by atoms with Crippen LogP contribution in [0.4, 0.5) is 11.4 Å². The summed E-state index contributed by atoms with van der Waals surface area (Å²) in [5, 5.41) is 5.92. The molecule has 1 saturated heterocycles. The van der Waals surface area contributed by atoms with Gasteiger partial charge in [0, 0.05) is 31.7 Å². The van der Waals surface area contributed by atoms with Crippen LogP contribution in [0.1, 0.15) is 23.7 Å². The summed E-state index contributed by atoms with van der Waals surface area (Å²) >= 11 is 0. The van der Waals surface area contributed by atoms with E-state index in [1.54, 1.807) is 25.2 Å². The van der Waals surface area contributed by atoms with Crippen molar-refractivity contribution in [3.8, 4) is 0 Å². The molecule has 0 aromatic heterocycles. The van der Waals surface area contributed by atoms with Gasteiger partial charge in [0.25, 0.3) is 5.91 Å². The molecular formula is C14H21N3O2. The van der Waals surface area contributed by atoms with Crippen LogP contribution in [0.5, 0.6) is 0 Å². The van der Waals surface area contributed by atoms with E-state index >= 15 is 0 Å². The number of nitrogens with one attached hydrogen (secondary N) is 2. The number of rotatable bonds is 4. The number of nitrogen functional groups attached to an aromatic ring is 1. The van der Waals surface area contributed by atoms with Crippen LogP contribution in [-0.2, 0) is 4.74 Å². The number of anilines is 2. The lowest BCUT2D eigenvalue weighted by molar-refractivity contribution is 0.0963. The minimum Gasteiger partial charge on any atom is -0.397 e. The second-order valence-corrected chi connectivity index (χ2v) is 4.89. The lowest BCUT2D eigenvalue weighted by Crippen LogP contribution is -2.22. The van der Waals surface area contributed by atoms with Crippen LogP contribution in [0.25, 0.3) is 0 Å². The average Bonchev–Trinajstić information content (AvgIpc) is 2.82. The SMILES string of the molecule is CNC(=O)c1ccc(N)c(NCC2CCOC2C)c1. The molecule has 1 fully saturated rings. The van der Waals surface area contributed by atoms with Crippen LogP contribution in [0.2, 0.25) is 0 Å². The van der Waals surface area contributed by atoms with E-state index in [2.05, 4.69) is 17.6 Å². The van der Waals surface area contributed by atoms with Crippen molar-refractivity contribution in [2.24, 2.45) is 5.92 Å². The Hall–Kier alpha value is -1.75. The van der Waals surface area contributed by atoms with E-state index in [-0.39, 0.29) is 12.0 Å². The Bertz CT molecular complexity index is 462. The number of benzene rings is 1. The molecular weight excluding hydrogens is 242 g/mol. The molecule has 1 aliphatic heterocycles. The fraction of sp³-hybridized carbons (Fsp3) is 0.500. The summed E-state index contributed by atoms with van der Waals surface area (Å²) in [5.74, 6) is 0.378. The minimum atomic E-state index is -0.111. The second-order valence-electron chi connectivity index (χ2n) is 4.89. The van der Waals surface area contributed by atoms with Crippen molar-refractivity contribution in [1.29, 1.82) is 0 Å². The Morgan fingerprint density at radius 2 is 2.32 bits per heavy atom. The Kier molecular flexibility index (Phi) is 4.27. The van der Waals surface area contributed by atoms with Crippen molar-refractivity contribution < 1.29 is 9.53 Å². The molecule has 0 saturated carbocycles. The normalized spacial score (nSPS) is 22.2. The zero-order valence-corrected chi connectivity index (χ0v) is 11.4. The van der Waals surface area contributed by atoms with E-state index in [0.29, 0.717) is 17.2 Å². The number of hydrogen-bond acceptors (Lipinski definition) is 4. The number of nitrogens with two attached hydrogens (primary N) is 1. The summed E-state index contributed by atoms with van der Waals surface area (Å²) in [6, 6.07) is 5.26. The molecule has 2 unspecified atom stereocenters. The molecule has 0 aliphatic carbocycles. The van der Waals surface area contributed by atoms with Gasteiger partial charge in [0.1, 0.15) is 0 Å². The van der Waals surface area contributed by atoms with Gasteiger partial charge in [-0.25, -0.2) is 0 Å². The lowest BCUT2D eigenvalue weighted by Gasteiger charge is -2.17. The van der Waals surface area contributed by atoms with Crippen LogP contribution >= 0.6 is 0 Å². The summed E-state index contributed by atoms with van der Waals surface area (Å²) in [5.41, 5.74) is 7.99. The van der Waals surface area contributed by atoms with Gasteiger partial charge < -0.3 is 21.1 Å². The van der Waals surface area contributed by atoms with Crippen molar-refractivity contribution in [3.63, 3.8) is 0 Å². The van der Waals surface area contributed by atoms with Gasteiger partial charge in [0.2, 0.25) is 0 Å².